The van der Waals surface area contributed by atoms with E-state index >= 15 is 0 Å². The number of fused-ring (bicyclic) bond motifs is 1. The van der Waals surface area contributed by atoms with E-state index in [1.165, 1.54) is 0 Å². The van der Waals surface area contributed by atoms with Gasteiger partial charge in [-0.3, -0.25) is 4.79 Å². The van der Waals surface area contributed by atoms with Gasteiger partial charge in [0.2, 0.25) is 5.88 Å². The lowest BCUT2D eigenvalue weighted by Crippen LogP contribution is -2.07. The number of ether oxygens (including phenoxy) is 2. The second kappa shape index (κ2) is 8.06. The van der Waals surface area contributed by atoms with Crippen LogP contribution in [-0.4, -0.2) is 27.8 Å². The maximum absolute atomic E-state index is 11.0. The minimum absolute atomic E-state index is 0.0651. The molecule has 0 aliphatic carbocycles. The van der Waals surface area contributed by atoms with Crippen molar-refractivity contribution in [3.05, 3.63) is 70.8 Å². The number of hydrogen-bond donors (Lipinski definition) is 2. The Bertz CT molecular complexity index is 1090. The number of benzene rings is 2. The summed E-state index contributed by atoms with van der Waals surface area (Å²) >= 11 is 0. The minimum atomic E-state index is -0.825. The van der Waals surface area contributed by atoms with Gasteiger partial charge in [0.05, 0.1) is 18.7 Å². The Labute approximate surface area is 174 Å². The summed E-state index contributed by atoms with van der Waals surface area (Å²) in [5.74, 6) is 0.533. The van der Waals surface area contributed by atoms with E-state index in [-0.39, 0.29) is 18.1 Å². The van der Waals surface area contributed by atoms with Gasteiger partial charge in [-0.05, 0) is 54.8 Å². The average Bonchev–Trinajstić information content (AvgIpc) is 3.07. The lowest BCUT2D eigenvalue weighted by atomic mass is 9.97. The Morgan fingerprint density at radius 2 is 1.93 bits per heavy atom. The third-order valence-corrected chi connectivity index (χ3v) is 5.26. The molecule has 3 aromatic rings. The van der Waals surface area contributed by atoms with Crippen molar-refractivity contribution in [1.29, 1.82) is 0 Å². The first-order chi connectivity index (χ1) is 14.4. The van der Waals surface area contributed by atoms with E-state index in [4.69, 9.17) is 14.6 Å². The first kappa shape index (κ1) is 19.8. The van der Waals surface area contributed by atoms with Crippen molar-refractivity contribution in [2.45, 2.75) is 32.8 Å². The van der Waals surface area contributed by atoms with Crippen LogP contribution in [0.1, 0.15) is 34.6 Å². The number of nitrogens with zero attached hydrogens (tertiary/aromatic N) is 1. The van der Waals surface area contributed by atoms with E-state index in [1.807, 2.05) is 44.2 Å². The number of rotatable bonds is 6. The van der Waals surface area contributed by atoms with E-state index < -0.39 is 5.97 Å². The third-order valence-electron chi connectivity index (χ3n) is 5.26. The molecule has 6 nitrogen and oxygen atoms in total. The van der Waals surface area contributed by atoms with Crippen molar-refractivity contribution in [1.82, 2.24) is 4.98 Å². The fourth-order valence-electron chi connectivity index (χ4n) is 3.93. The molecular formula is C24H23NO5. The summed E-state index contributed by atoms with van der Waals surface area (Å²) in [6.45, 7) is 4.60. The van der Waals surface area contributed by atoms with E-state index in [9.17, 15) is 9.90 Å². The van der Waals surface area contributed by atoms with Gasteiger partial charge in [0.1, 0.15) is 18.1 Å². The summed E-state index contributed by atoms with van der Waals surface area (Å²) in [4.78, 5) is 15.6. The van der Waals surface area contributed by atoms with Crippen LogP contribution in [0.15, 0.2) is 48.5 Å². The topological polar surface area (TPSA) is 88.9 Å². The van der Waals surface area contributed by atoms with Gasteiger partial charge in [0, 0.05) is 23.1 Å². The van der Waals surface area contributed by atoms with Gasteiger partial charge in [0.15, 0.2) is 0 Å². The maximum Gasteiger partial charge on any atom is 0.304 e. The third kappa shape index (κ3) is 4.08. The number of carboxylic acids is 1. The molecule has 1 unspecified atom stereocenters. The smallest absolute Gasteiger partial charge is 0.304 e. The molecule has 0 radical (unpaired) electrons. The molecule has 154 valence electrons. The van der Waals surface area contributed by atoms with Crippen molar-refractivity contribution in [3.8, 4) is 28.6 Å². The predicted octanol–water partition coefficient (Wildman–Crippen LogP) is 4.60. The van der Waals surface area contributed by atoms with Crippen LogP contribution in [0.25, 0.3) is 11.3 Å². The van der Waals surface area contributed by atoms with Crippen molar-refractivity contribution in [2.24, 2.45) is 0 Å². The number of aryl methyl sites for hydroxylation is 2. The van der Waals surface area contributed by atoms with Crippen molar-refractivity contribution in [2.75, 3.05) is 6.61 Å². The number of aliphatic carboxylic acids is 1. The van der Waals surface area contributed by atoms with E-state index in [0.29, 0.717) is 19.1 Å². The van der Waals surface area contributed by atoms with Gasteiger partial charge in [-0.1, -0.05) is 18.2 Å². The number of carbonyl (C=O) groups is 1. The van der Waals surface area contributed by atoms with Crippen LogP contribution in [0.4, 0.5) is 0 Å². The number of carboxylic acid groups (broad SMARTS) is 1. The van der Waals surface area contributed by atoms with Gasteiger partial charge in [0.25, 0.3) is 0 Å². The maximum atomic E-state index is 11.0. The molecule has 30 heavy (non-hydrogen) atoms. The molecule has 1 aliphatic heterocycles. The molecule has 1 aliphatic rings. The Kier molecular flexibility index (Phi) is 5.31. The van der Waals surface area contributed by atoms with Crippen molar-refractivity contribution in [3.63, 3.8) is 0 Å². The molecule has 0 fully saturated rings. The molecule has 0 bridgehead atoms. The fourth-order valence-corrected chi connectivity index (χ4v) is 3.93. The van der Waals surface area contributed by atoms with E-state index in [2.05, 4.69) is 4.98 Å². The molecule has 0 spiro atoms. The average molecular weight is 405 g/mol. The Balaban J connectivity index is 1.49. The van der Waals surface area contributed by atoms with Crippen LogP contribution < -0.4 is 9.47 Å². The summed E-state index contributed by atoms with van der Waals surface area (Å²) < 4.78 is 11.6. The van der Waals surface area contributed by atoms with Crippen LogP contribution in [0.5, 0.6) is 17.4 Å². The Morgan fingerprint density at radius 3 is 2.67 bits per heavy atom. The Morgan fingerprint density at radius 1 is 1.17 bits per heavy atom. The highest BCUT2D eigenvalue weighted by atomic mass is 16.5. The molecule has 4 rings (SSSR count). The second-order valence-electron chi connectivity index (χ2n) is 7.58. The van der Waals surface area contributed by atoms with Crippen LogP contribution in [0.3, 0.4) is 0 Å². The zero-order valence-electron chi connectivity index (χ0n) is 16.9. The first-order valence-corrected chi connectivity index (χ1v) is 9.78. The van der Waals surface area contributed by atoms with Gasteiger partial charge >= 0.3 is 5.97 Å². The van der Waals surface area contributed by atoms with Crippen LogP contribution in [-0.2, 0) is 11.4 Å². The summed E-state index contributed by atoms with van der Waals surface area (Å²) in [6.07, 6.45) is 0.0651. The fraction of sp³-hybridized carbons (Fsp3) is 0.250. The van der Waals surface area contributed by atoms with Crippen molar-refractivity contribution < 1.29 is 24.5 Å². The number of phenolic OH excluding ortho intramolecular Hbond substituents is 1. The predicted molar refractivity (Wildman–Crippen MR) is 112 cm³/mol. The number of aromatic nitrogens is 1. The number of aromatic hydroxyl groups is 1. The van der Waals surface area contributed by atoms with E-state index in [0.717, 1.165) is 39.3 Å². The molecular weight excluding hydrogens is 382 g/mol. The molecule has 1 atom stereocenters. The minimum Gasteiger partial charge on any atom is -0.508 e. The highest BCUT2D eigenvalue weighted by molar-refractivity contribution is 5.69. The summed E-state index contributed by atoms with van der Waals surface area (Å²) in [6, 6.07) is 14.8. The quantitative estimate of drug-likeness (QED) is 0.623. The molecule has 2 heterocycles. The standard InChI is InChI=1S/C24H23NO5/c1-14-8-18(26)9-15(2)24(14)20-4-3-5-22(25-20)30-12-16-6-7-19-17(11-23(27)28)13-29-21(19)10-16/h3-10,17,26H,11-13H2,1-2H3,(H,27,28). The van der Waals surface area contributed by atoms with Gasteiger partial charge in [-0.25, -0.2) is 4.98 Å². The van der Waals surface area contributed by atoms with E-state index in [1.54, 1.807) is 18.2 Å². The second-order valence-corrected chi connectivity index (χ2v) is 7.58. The van der Waals surface area contributed by atoms with Crippen LogP contribution in [0, 0.1) is 13.8 Å². The highest BCUT2D eigenvalue weighted by Gasteiger charge is 2.26. The summed E-state index contributed by atoms with van der Waals surface area (Å²) in [5.41, 5.74) is 5.52. The summed E-state index contributed by atoms with van der Waals surface area (Å²) in [7, 11) is 0. The molecule has 6 heteroatoms. The van der Waals surface area contributed by atoms with Gasteiger partial charge in [-0.2, -0.15) is 0 Å². The zero-order chi connectivity index (χ0) is 21.3. The lowest BCUT2D eigenvalue weighted by Gasteiger charge is -2.12. The molecule has 0 saturated heterocycles. The molecule has 0 saturated carbocycles. The van der Waals surface area contributed by atoms with Crippen molar-refractivity contribution >= 4 is 5.97 Å². The van der Waals surface area contributed by atoms with Crippen LogP contribution in [0.2, 0.25) is 0 Å². The molecule has 2 aromatic carbocycles. The Hall–Kier alpha value is -3.54. The molecule has 0 amide bonds. The SMILES string of the molecule is Cc1cc(O)cc(C)c1-c1cccc(OCc2ccc3c(c2)OCC3CC(=O)O)n1. The zero-order valence-corrected chi connectivity index (χ0v) is 16.9. The van der Waals surface area contributed by atoms with Gasteiger partial charge in [-0.15, -0.1) is 0 Å². The monoisotopic (exact) mass is 405 g/mol. The molecule has 1 aromatic heterocycles. The number of pyridine rings is 1. The largest absolute Gasteiger partial charge is 0.508 e. The number of phenols is 1. The first-order valence-electron chi connectivity index (χ1n) is 9.78. The normalized spacial score (nSPS) is 14.8. The highest BCUT2D eigenvalue weighted by Crippen LogP contribution is 2.37. The summed E-state index contributed by atoms with van der Waals surface area (Å²) in [5, 5.41) is 18.8. The number of hydrogen-bond acceptors (Lipinski definition) is 5. The van der Waals surface area contributed by atoms with Crippen LogP contribution >= 0.6 is 0 Å². The molecule has 2 N–H and O–H groups in total. The lowest BCUT2D eigenvalue weighted by molar-refractivity contribution is -0.137. The van der Waals surface area contributed by atoms with Gasteiger partial charge < -0.3 is 19.7 Å².